The van der Waals surface area contributed by atoms with Crippen molar-refractivity contribution in [3.05, 3.63) is 132 Å². The first-order valence-corrected chi connectivity index (χ1v) is 29.1. The molecule has 4 aromatic carbocycles. The average Bonchev–Trinajstić information content (AvgIpc) is 3.81. The zero-order valence-electron chi connectivity index (χ0n) is 49.9. The summed E-state index contributed by atoms with van der Waals surface area (Å²) in [5.74, 6) is -12.6. The predicted molar refractivity (Wildman–Crippen MR) is 325 cm³/mol. The summed E-state index contributed by atoms with van der Waals surface area (Å²) in [6.07, 6.45) is -2.74. The largest absolute Gasteiger partial charge is 0.510 e. The van der Waals surface area contributed by atoms with Gasteiger partial charge in [0.2, 0.25) is 53.2 Å². The van der Waals surface area contributed by atoms with E-state index < -0.39 is 157 Å². The number of aliphatic carboxylic acids is 2. The number of H-pyrrole nitrogens is 1. The maximum absolute atomic E-state index is 14.3. The second-order valence-electron chi connectivity index (χ2n) is 22.0. The molecule has 1 fully saturated rings. The van der Waals surface area contributed by atoms with Crippen molar-refractivity contribution in [2.24, 2.45) is 5.73 Å². The molecule has 0 aliphatic carbocycles. The second-order valence-corrected chi connectivity index (χ2v) is 22.0. The smallest absolute Gasteiger partial charge is 0.305 e. The Labute approximate surface area is 526 Å². The SMILES string of the molecule is C[C@@H](O)[C@H](NC(=O)CNC(=O)[C@@H](NC(=O)[C@H](CCC(=O)O)NC(=O)[C@@H]1CCCN1C(=O)[C@H](CC(=O)O)NC(=O)[C@H](Cc1ccc(O)cc1)NC(=O)[C@@H](N)Cc1ccc(O)cc1)[C@@H](C)O)C(=O)N[C@@H](Cc1c[nH]c2ccccc12)C(=O)N[C@H](C=O)[CH-]c1ccc(O)cc1. The van der Waals surface area contributed by atoms with Crippen molar-refractivity contribution in [3.63, 3.8) is 0 Å². The number of nitrogens with zero attached hydrogens (tertiary/aromatic N) is 1. The van der Waals surface area contributed by atoms with Crippen LogP contribution in [0.3, 0.4) is 0 Å². The van der Waals surface area contributed by atoms with Crippen LogP contribution in [0.2, 0.25) is 0 Å². The third-order valence-corrected chi connectivity index (χ3v) is 14.9. The molecule has 0 bridgehead atoms. The molecular formula is C62H74N11O19-. The molecule has 18 N–H and O–H groups in total. The van der Waals surface area contributed by atoms with Crippen molar-refractivity contribution < 1.29 is 93.3 Å². The molecule has 0 unspecified atom stereocenters. The molecule has 6 rings (SSSR count). The summed E-state index contributed by atoms with van der Waals surface area (Å²) >= 11 is 0. The minimum atomic E-state index is -1.91. The lowest BCUT2D eigenvalue weighted by atomic mass is 10.0. The number of carboxylic acids is 2. The number of aldehydes is 1. The average molecular weight is 1280 g/mol. The molecule has 0 saturated carbocycles. The van der Waals surface area contributed by atoms with Crippen molar-refractivity contribution in [3.8, 4) is 17.2 Å². The Balaban J connectivity index is 1.10. The number of phenolic OH excluding ortho intramolecular Hbond substituents is 3. The maximum atomic E-state index is 14.3. The van der Waals surface area contributed by atoms with E-state index in [-0.39, 0.29) is 55.9 Å². The normalized spacial score (nSPS) is 16.0. The molecular weight excluding hydrogens is 1200 g/mol. The molecule has 0 radical (unpaired) electrons. The number of aromatic nitrogens is 1. The van der Waals surface area contributed by atoms with Crippen LogP contribution >= 0.6 is 0 Å². The van der Waals surface area contributed by atoms with Crippen LogP contribution in [-0.4, -0.2) is 197 Å². The van der Waals surface area contributed by atoms with E-state index in [1.165, 1.54) is 79.2 Å². The number of hydrogen-bond donors (Lipinski definition) is 17. The highest BCUT2D eigenvalue weighted by Crippen LogP contribution is 2.23. The van der Waals surface area contributed by atoms with Crippen LogP contribution in [0.1, 0.15) is 68.2 Å². The highest BCUT2D eigenvalue weighted by molar-refractivity contribution is 5.99. The van der Waals surface area contributed by atoms with E-state index in [2.05, 4.69) is 47.5 Å². The van der Waals surface area contributed by atoms with Gasteiger partial charge in [0.25, 0.3) is 0 Å². The maximum Gasteiger partial charge on any atom is 0.305 e. The Bertz CT molecular complexity index is 3450. The predicted octanol–water partition coefficient (Wildman–Crippen LogP) is -2.31. The number of carboxylic acid groups (broad SMARTS) is 2. The van der Waals surface area contributed by atoms with E-state index >= 15 is 0 Å². The lowest BCUT2D eigenvalue weighted by Gasteiger charge is -2.30. The lowest BCUT2D eigenvalue weighted by Crippen LogP contribution is -2.61. The van der Waals surface area contributed by atoms with Gasteiger partial charge in [-0.1, -0.05) is 54.6 Å². The molecule has 9 amide bonds. The lowest BCUT2D eigenvalue weighted by molar-refractivity contribution is -0.146. The first-order chi connectivity index (χ1) is 43.7. The third-order valence-electron chi connectivity index (χ3n) is 14.9. The van der Waals surface area contributed by atoms with Crippen LogP contribution in [0.25, 0.3) is 10.9 Å². The van der Waals surface area contributed by atoms with E-state index in [1.54, 1.807) is 30.5 Å². The van der Waals surface area contributed by atoms with Gasteiger partial charge in [-0.2, -0.15) is 24.1 Å². The zero-order valence-corrected chi connectivity index (χ0v) is 49.9. The molecule has 11 atom stereocenters. The highest BCUT2D eigenvalue weighted by atomic mass is 16.4. The van der Waals surface area contributed by atoms with Gasteiger partial charge in [-0.25, -0.2) is 0 Å². The summed E-state index contributed by atoms with van der Waals surface area (Å²) in [5, 5.41) is 89.9. The van der Waals surface area contributed by atoms with E-state index in [4.69, 9.17) is 5.73 Å². The van der Waals surface area contributed by atoms with Gasteiger partial charge in [-0.05, 0) is 86.6 Å². The number of para-hydroxylation sites is 1. The van der Waals surface area contributed by atoms with Crippen LogP contribution in [-0.2, 0) is 76.8 Å². The Morgan fingerprint density at radius 1 is 0.620 bits per heavy atom. The number of likely N-dealkylation sites (tertiary alicyclic amines) is 1. The summed E-state index contributed by atoms with van der Waals surface area (Å²) < 4.78 is 0. The molecule has 30 nitrogen and oxygen atoms in total. The highest BCUT2D eigenvalue weighted by Gasteiger charge is 2.41. The first-order valence-electron chi connectivity index (χ1n) is 29.1. The van der Waals surface area contributed by atoms with E-state index in [1.807, 2.05) is 0 Å². The first kappa shape index (κ1) is 70.5. The molecule has 1 aromatic heterocycles. The topological polar surface area (TPSA) is 488 Å². The number of benzene rings is 4. The standard InChI is InChI=1S/C62H74N11O19/c1-32(75)53(60(90)65-30-50(80)71-54(33(2)76)61(91)69-47(27-37-29-64-44-7-4-3-6-42(37)44)57(87)66-38(31-74)24-34-9-15-39(77)16-10-34)72-56(86)45(21-22-51(81)82)67-59(89)49-8-5-23-73(49)62(92)48(28-52(83)84)70-58(88)46(26-36-13-19-41(79)20-14-36)68-55(85)43(63)25-35-11-17-40(78)18-12-35/h3-4,6-7,9-20,24,29,31-33,38,43,45-49,53-54,64,75-79H,5,8,21-23,25-28,30,63H2,1-2H3,(H,65,90)(H,66,87)(H,67,89)(H,68,85)(H,69,91)(H,70,88)(H,71,80)(H,72,86)(H,81,82)(H,83,84)/q-1/t32-,33-,38+,43+,45+,46+,47+,48+,49+,53+,54+/m1/s1. The molecule has 1 saturated heterocycles. The Morgan fingerprint density at radius 3 is 1.76 bits per heavy atom. The van der Waals surface area contributed by atoms with Crippen LogP contribution in [0.4, 0.5) is 0 Å². The van der Waals surface area contributed by atoms with Gasteiger partial charge < -0.3 is 98.7 Å². The van der Waals surface area contributed by atoms with Gasteiger partial charge in [0.15, 0.2) is 0 Å². The molecule has 2 heterocycles. The molecule has 0 spiro atoms. The van der Waals surface area contributed by atoms with Crippen LogP contribution in [0.5, 0.6) is 17.2 Å². The van der Waals surface area contributed by atoms with Crippen LogP contribution < -0.4 is 48.3 Å². The van der Waals surface area contributed by atoms with Gasteiger partial charge in [-0.3, -0.25) is 52.7 Å². The van der Waals surface area contributed by atoms with Gasteiger partial charge >= 0.3 is 11.9 Å². The molecule has 1 aliphatic rings. The Kier molecular flexibility index (Phi) is 25.5. The second kappa shape index (κ2) is 33.3. The molecule has 492 valence electrons. The van der Waals surface area contributed by atoms with Crippen molar-refractivity contribution >= 4 is 82.3 Å². The van der Waals surface area contributed by atoms with Crippen molar-refractivity contribution in [1.29, 1.82) is 0 Å². The number of carbonyl (C=O) groups is 12. The Hall–Kier alpha value is -10.6. The minimum absolute atomic E-state index is 0.0343. The van der Waals surface area contributed by atoms with E-state index in [0.29, 0.717) is 39.4 Å². The van der Waals surface area contributed by atoms with Crippen molar-refractivity contribution in [1.82, 2.24) is 52.4 Å². The van der Waals surface area contributed by atoms with Gasteiger partial charge in [0.05, 0.1) is 43.0 Å². The number of phenols is 3. The Morgan fingerprint density at radius 2 is 1.16 bits per heavy atom. The monoisotopic (exact) mass is 1280 g/mol. The fourth-order valence-corrected chi connectivity index (χ4v) is 10.0. The number of rotatable bonds is 33. The summed E-state index contributed by atoms with van der Waals surface area (Å²) in [6, 6.07) is 9.92. The number of aliphatic hydroxyl groups excluding tert-OH is 2. The molecule has 30 heteroatoms. The summed E-state index contributed by atoms with van der Waals surface area (Å²) in [4.78, 5) is 165. The van der Waals surface area contributed by atoms with Crippen LogP contribution in [0.15, 0.2) is 103 Å². The zero-order chi connectivity index (χ0) is 67.3. The number of fused-ring (bicyclic) bond motifs is 1. The number of aromatic hydroxyl groups is 3. The fourth-order valence-electron chi connectivity index (χ4n) is 10.0. The van der Waals surface area contributed by atoms with Crippen molar-refractivity contribution in [2.45, 2.75) is 132 Å². The summed E-state index contributed by atoms with van der Waals surface area (Å²) in [5.41, 5.74) is 8.89. The number of nitrogens with one attached hydrogen (secondary N) is 9. The molecule has 1 aliphatic heterocycles. The fraction of sp³-hybridized carbons (Fsp3) is 0.371. The third kappa shape index (κ3) is 20.7. The number of aliphatic hydroxyl groups is 2. The minimum Gasteiger partial charge on any atom is -0.510 e. The molecule has 92 heavy (non-hydrogen) atoms. The van der Waals surface area contributed by atoms with Crippen LogP contribution in [0, 0.1) is 6.42 Å². The summed E-state index contributed by atoms with van der Waals surface area (Å²) in [7, 11) is 0. The van der Waals surface area contributed by atoms with Gasteiger partial charge in [0.1, 0.15) is 60.1 Å². The van der Waals surface area contributed by atoms with E-state index in [9.17, 15) is 93.3 Å². The van der Waals surface area contributed by atoms with Gasteiger partial charge in [-0.15, -0.1) is 0 Å². The number of nitrogens with two attached hydrogens (primary N) is 1. The van der Waals surface area contributed by atoms with E-state index in [0.717, 1.165) is 18.7 Å². The molecule has 5 aromatic rings. The van der Waals surface area contributed by atoms with Crippen molar-refractivity contribution in [2.75, 3.05) is 13.1 Å². The quantitative estimate of drug-likeness (QED) is 0.0155. The number of carbonyl (C=O) groups excluding carboxylic acids is 10. The number of amides is 9. The van der Waals surface area contributed by atoms with Gasteiger partial charge in [0, 0.05) is 42.9 Å². The summed E-state index contributed by atoms with van der Waals surface area (Å²) in [6.45, 7) is 1.08. The number of aromatic amines is 1. The number of hydrogen-bond acceptors (Lipinski definition) is 18.